The highest BCUT2D eigenvalue weighted by Gasteiger charge is 2.16. The summed E-state index contributed by atoms with van der Waals surface area (Å²) in [6.45, 7) is 4.81. The van der Waals surface area contributed by atoms with Crippen LogP contribution < -0.4 is 0 Å². The molecule has 1 amide bonds. The Kier molecular flexibility index (Phi) is 4.63. The number of nitrogens with zero attached hydrogens (tertiary/aromatic N) is 4. The zero-order valence-electron chi connectivity index (χ0n) is 12.5. The van der Waals surface area contributed by atoms with Crippen molar-refractivity contribution in [3.8, 4) is 5.82 Å². The SMILES string of the molecule is C=CCN(Cc1cccs1)C(=O)c1ccc(-n2ccnc2)nc1. The van der Waals surface area contributed by atoms with Gasteiger partial charge in [0.15, 0.2) is 0 Å². The largest absolute Gasteiger partial charge is 0.330 e. The average molecular weight is 324 g/mol. The summed E-state index contributed by atoms with van der Waals surface area (Å²) < 4.78 is 1.79. The first-order valence-corrected chi connectivity index (χ1v) is 8.03. The Morgan fingerprint density at radius 1 is 1.39 bits per heavy atom. The lowest BCUT2D eigenvalue weighted by Gasteiger charge is -2.20. The van der Waals surface area contributed by atoms with Gasteiger partial charge in [0.2, 0.25) is 0 Å². The Morgan fingerprint density at radius 3 is 2.91 bits per heavy atom. The van der Waals surface area contributed by atoms with Gasteiger partial charge in [-0.2, -0.15) is 0 Å². The van der Waals surface area contributed by atoms with Crippen molar-refractivity contribution in [2.75, 3.05) is 6.54 Å². The van der Waals surface area contributed by atoms with E-state index < -0.39 is 0 Å². The minimum Gasteiger partial charge on any atom is -0.330 e. The first kappa shape index (κ1) is 15.2. The van der Waals surface area contributed by atoms with Gasteiger partial charge in [-0.05, 0) is 23.6 Å². The maximum atomic E-state index is 12.7. The minimum absolute atomic E-state index is 0.0528. The maximum Gasteiger partial charge on any atom is 0.256 e. The maximum absolute atomic E-state index is 12.7. The van der Waals surface area contributed by atoms with E-state index in [2.05, 4.69) is 16.5 Å². The molecule has 116 valence electrons. The molecule has 0 aliphatic carbocycles. The van der Waals surface area contributed by atoms with Gasteiger partial charge in [0.25, 0.3) is 5.91 Å². The molecule has 3 heterocycles. The molecule has 3 rings (SSSR count). The number of aromatic nitrogens is 3. The van der Waals surface area contributed by atoms with Crippen molar-refractivity contribution in [3.05, 3.63) is 77.7 Å². The molecule has 0 radical (unpaired) electrons. The highest BCUT2D eigenvalue weighted by molar-refractivity contribution is 7.09. The fraction of sp³-hybridized carbons (Fsp3) is 0.118. The van der Waals surface area contributed by atoms with Gasteiger partial charge >= 0.3 is 0 Å². The lowest BCUT2D eigenvalue weighted by atomic mass is 10.2. The summed E-state index contributed by atoms with van der Waals surface area (Å²) in [6.07, 6.45) is 8.50. The molecule has 0 N–H and O–H groups in total. The van der Waals surface area contributed by atoms with Crippen molar-refractivity contribution in [1.82, 2.24) is 19.4 Å². The van der Waals surface area contributed by atoms with E-state index in [1.807, 2.05) is 29.8 Å². The van der Waals surface area contributed by atoms with Crippen LogP contribution in [0.5, 0.6) is 0 Å². The van der Waals surface area contributed by atoms with Gasteiger partial charge in [0.1, 0.15) is 12.1 Å². The molecule has 6 heteroatoms. The number of carbonyl (C=O) groups excluding carboxylic acids is 1. The number of thiophene rings is 1. The van der Waals surface area contributed by atoms with Gasteiger partial charge in [-0.1, -0.05) is 12.1 Å². The lowest BCUT2D eigenvalue weighted by molar-refractivity contribution is 0.0764. The Bertz CT molecular complexity index is 764. The van der Waals surface area contributed by atoms with E-state index in [9.17, 15) is 4.79 Å². The van der Waals surface area contributed by atoms with Crippen LogP contribution in [0.2, 0.25) is 0 Å². The van der Waals surface area contributed by atoms with Gasteiger partial charge < -0.3 is 4.90 Å². The van der Waals surface area contributed by atoms with Crippen LogP contribution >= 0.6 is 11.3 Å². The van der Waals surface area contributed by atoms with Gasteiger partial charge in [0.05, 0.1) is 12.1 Å². The molecule has 0 spiro atoms. The first-order chi connectivity index (χ1) is 11.3. The minimum atomic E-state index is -0.0528. The van der Waals surface area contributed by atoms with E-state index in [0.717, 1.165) is 10.7 Å². The lowest BCUT2D eigenvalue weighted by Crippen LogP contribution is -2.30. The summed E-state index contributed by atoms with van der Waals surface area (Å²) in [5.74, 6) is 0.676. The number of rotatable bonds is 6. The van der Waals surface area contributed by atoms with Crippen molar-refractivity contribution in [3.63, 3.8) is 0 Å². The number of imidazole rings is 1. The number of hydrogen-bond acceptors (Lipinski definition) is 4. The molecule has 0 saturated heterocycles. The van der Waals surface area contributed by atoms with Crippen LogP contribution in [0.25, 0.3) is 5.82 Å². The van der Waals surface area contributed by atoms with Gasteiger partial charge in [-0.25, -0.2) is 9.97 Å². The Balaban J connectivity index is 1.78. The fourth-order valence-electron chi connectivity index (χ4n) is 2.21. The summed E-state index contributed by atoms with van der Waals surface area (Å²) in [4.78, 5) is 23.9. The summed E-state index contributed by atoms with van der Waals surface area (Å²) in [6, 6.07) is 7.60. The highest BCUT2D eigenvalue weighted by atomic mass is 32.1. The van der Waals surface area contributed by atoms with E-state index in [1.165, 1.54) is 0 Å². The first-order valence-electron chi connectivity index (χ1n) is 7.15. The predicted octanol–water partition coefficient (Wildman–Crippen LogP) is 3.16. The Labute approximate surface area is 138 Å². The normalized spacial score (nSPS) is 10.4. The second-order valence-corrected chi connectivity index (χ2v) is 5.96. The molecule has 0 saturated carbocycles. The predicted molar refractivity (Wildman–Crippen MR) is 90.6 cm³/mol. The fourth-order valence-corrected chi connectivity index (χ4v) is 2.93. The highest BCUT2D eigenvalue weighted by Crippen LogP contribution is 2.15. The van der Waals surface area contributed by atoms with Crippen molar-refractivity contribution in [2.45, 2.75) is 6.54 Å². The summed E-state index contributed by atoms with van der Waals surface area (Å²) in [5.41, 5.74) is 0.562. The van der Waals surface area contributed by atoms with Crippen LogP contribution in [-0.4, -0.2) is 31.9 Å². The molecule has 0 bridgehead atoms. The number of amides is 1. The topological polar surface area (TPSA) is 51.0 Å². The zero-order chi connectivity index (χ0) is 16.1. The molecule has 3 aromatic heterocycles. The molecule has 3 aromatic rings. The van der Waals surface area contributed by atoms with Crippen molar-refractivity contribution < 1.29 is 4.79 Å². The van der Waals surface area contributed by atoms with E-state index in [-0.39, 0.29) is 5.91 Å². The third-order valence-corrected chi connectivity index (χ3v) is 4.19. The molecule has 0 aliphatic heterocycles. The van der Waals surface area contributed by atoms with Crippen molar-refractivity contribution in [1.29, 1.82) is 0 Å². The van der Waals surface area contributed by atoms with Gasteiger partial charge in [-0.3, -0.25) is 9.36 Å². The van der Waals surface area contributed by atoms with Gasteiger partial charge in [-0.15, -0.1) is 17.9 Å². The van der Waals surface area contributed by atoms with Crippen LogP contribution in [0.4, 0.5) is 0 Å². The standard InChI is InChI=1S/C17H16N4OS/c1-2-8-20(12-15-4-3-10-23-15)17(22)14-5-6-16(19-11-14)21-9-7-18-13-21/h2-7,9-11,13H,1,8,12H2. The van der Waals surface area contributed by atoms with E-state index in [0.29, 0.717) is 18.7 Å². The molecule has 0 unspecified atom stereocenters. The van der Waals surface area contributed by atoms with Crippen LogP contribution in [0, 0.1) is 0 Å². The average Bonchev–Trinajstić information content (AvgIpc) is 3.28. The van der Waals surface area contributed by atoms with Gasteiger partial charge in [0, 0.05) is 30.0 Å². The van der Waals surface area contributed by atoms with Crippen LogP contribution in [0.3, 0.4) is 0 Å². The monoisotopic (exact) mass is 324 g/mol. The molecule has 23 heavy (non-hydrogen) atoms. The van der Waals surface area contributed by atoms with Crippen LogP contribution in [-0.2, 0) is 6.54 Å². The van der Waals surface area contributed by atoms with Crippen LogP contribution in [0.15, 0.2) is 67.2 Å². The summed E-state index contributed by atoms with van der Waals surface area (Å²) >= 11 is 1.64. The third kappa shape index (κ3) is 3.54. The second kappa shape index (κ2) is 7.02. The Morgan fingerprint density at radius 2 is 2.30 bits per heavy atom. The van der Waals surface area contributed by atoms with E-state index in [1.54, 1.807) is 51.7 Å². The number of carbonyl (C=O) groups is 1. The number of pyridine rings is 1. The second-order valence-electron chi connectivity index (χ2n) is 4.93. The summed E-state index contributed by atoms with van der Waals surface area (Å²) in [7, 11) is 0. The quantitative estimate of drug-likeness (QED) is 0.655. The van der Waals surface area contributed by atoms with E-state index in [4.69, 9.17) is 0 Å². The zero-order valence-corrected chi connectivity index (χ0v) is 13.3. The molecule has 5 nitrogen and oxygen atoms in total. The third-order valence-electron chi connectivity index (χ3n) is 3.33. The van der Waals surface area contributed by atoms with E-state index >= 15 is 0 Å². The van der Waals surface area contributed by atoms with Crippen molar-refractivity contribution >= 4 is 17.2 Å². The smallest absolute Gasteiger partial charge is 0.256 e. The molecule has 0 aliphatic rings. The Hall–Kier alpha value is -2.73. The van der Waals surface area contributed by atoms with Crippen molar-refractivity contribution in [2.24, 2.45) is 0 Å². The molecule has 0 fully saturated rings. The molecule has 0 aromatic carbocycles. The molecular formula is C17H16N4OS. The molecular weight excluding hydrogens is 308 g/mol. The number of hydrogen-bond donors (Lipinski definition) is 0. The van der Waals surface area contributed by atoms with Crippen LogP contribution in [0.1, 0.15) is 15.2 Å². The summed E-state index contributed by atoms with van der Waals surface area (Å²) in [5, 5.41) is 2.01. The molecule has 0 atom stereocenters.